The van der Waals surface area contributed by atoms with Gasteiger partial charge in [-0.25, -0.2) is 0 Å². The minimum absolute atomic E-state index is 0.0282. The van der Waals surface area contributed by atoms with Crippen molar-refractivity contribution < 1.29 is 4.74 Å². The monoisotopic (exact) mass is 261 g/mol. The maximum atomic E-state index is 6.26. The first kappa shape index (κ1) is 13.1. The summed E-state index contributed by atoms with van der Waals surface area (Å²) in [6.45, 7) is 2.06. The van der Waals surface area contributed by atoms with Crippen LogP contribution in [-0.2, 0) is 6.42 Å². The summed E-state index contributed by atoms with van der Waals surface area (Å²) in [7, 11) is 1.70. The Morgan fingerprint density at radius 3 is 2.83 bits per heavy atom. The zero-order valence-electron chi connectivity index (χ0n) is 10.8. The van der Waals surface area contributed by atoms with Crippen molar-refractivity contribution >= 4 is 11.3 Å². The Labute approximate surface area is 112 Å². The number of hydrogen-bond donors (Lipinski definition) is 1. The van der Waals surface area contributed by atoms with Crippen molar-refractivity contribution in [2.45, 2.75) is 25.8 Å². The topological polar surface area (TPSA) is 35.2 Å². The first-order valence-electron chi connectivity index (χ1n) is 6.12. The number of benzene rings is 1. The van der Waals surface area contributed by atoms with E-state index in [4.69, 9.17) is 10.5 Å². The molecule has 0 aliphatic carbocycles. The number of thiophene rings is 1. The molecule has 1 heterocycles. The van der Waals surface area contributed by atoms with Crippen molar-refractivity contribution in [2.24, 2.45) is 5.73 Å². The lowest BCUT2D eigenvalue weighted by molar-refractivity contribution is 0.404. The van der Waals surface area contributed by atoms with Crippen LogP contribution in [0, 0.1) is 6.92 Å². The van der Waals surface area contributed by atoms with E-state index in [1.807, 2.05) is 6.07 Å². The maximum Gasteiger partial charge on any atom is 0.123 e. The molecule has 3 heteroatoms. The zero-order chi connectivity index (χ0) is 13.0. The first-order chi connectivity index (χ1) is 8.70. The average molecular weight is 261 g/mol. The largest absolute Gasteiger partial charge is 0.496 e. The van der Waals surface area contributed by atoms with Crippen LogP contribution in [0.1, 0.15) is 29.2 Å². The Kier molecular flexibility index (Phi) is 4.39. The lowest BCUT2D eigenvalue weighted by atomic mass is 9.99. The van der Waals surface area contributed by atoms with Gasteiger partial charge in [-0.3, -0.25) is 0 Å². The number of methoxy groups -OCH3 is 1. The molecular formula is C15H19NOS. The third-order valence-corrected chi connectivity index (χ3v) is 3.84. The summed E-state index contributed by atoms with van der Waals surface area (Å²) in [5, 5.41) is 4.28. The summed E-state index contributed by atoms with van der Waals surface area (Å²) in [5.74, 6) is 0.896. The van der Waals surface area contributed by atoms with Crippen molar-refractivity contribution in [1.29, 1.82) is 0 Å². The van der Waals surface area contributed by atoms with Crippen LogP contribution in [0.25, 0.3) is 0 Å². The highest BCUT2D eigenvalue weighted by Crippen LogP contribution is 2.27. The van der Waals surface area contributed by atoms with Crippen LogP contribution in [0.4, 0.5) is 0 Å². The molecule has 1 aromatic heterocycles. The van der Waals surface area contributed by atoms with Gasteiger partial charge in [0.05, 0.1) is 7.11 Å². The van der Waals surface area contributed by atoms with Crippen molar-refractivity contribution in [1.82, 2.24) is 0 Å². The fraction of sp³-hybridized carbons (Fsp3) is 0.333. The second kappa shape index (κ2) is 6.03. The average Bonchev–Trinajstić information content (AvgIpc) is 2.88. The standard InChI is InChI=1S/C15H19NOS/c1-11-3-5-13(15(9-11)17-2)14(16)6-4-12-7-8-18-10-12/h3,5,7-10,14H,4,6,16H2,1-2H3. The predicted molar refractivity (Wildman–Crippen MR) is 77.3 cm³/mol. The maximum absolute atomic E-state index is 6.26. The van der Waals surface area contributed by atoms with Gasteiger partial charge in [0.1, 0.15) is 5.75 Å². The fourth-order valence-electron chi connectivity index (χ4n) is 2.04. The number of ether oxygens (including phenoxy) is 1. The summed E-state index contributed by atoms with van der Waals surface area (Å²) in [5.41, 5.74) is 9.91. The molecule has 96 valence electrons. The number of nitrogens with two attached hydrogens (primary N) is 1. The number of rotatable bonds is 5. The molecule has 1 aromatic carbocycles. The van der Waals surface area contributed by atoms with Gasteiger partial charge in [-0.05, 0) is 53.8 Å². The van der Waals surface area contributed by atoms with Crippen molar-refractivity contribution in [3.63, 3.8) is 0 Å². The third kappa shape index (κ3) is 3.12. The molecule has 0 radical (unpaired) electrons. The van der Waals surface area contributed by atoms with Gasteiger partial charge < -0.3 is 10.5 Å². The Hall–Kier alpha value is -1.32. The van der Waals surface area contributed by atoms with Crippen LogP contribution < -0.4 is 10.5 Å². The summed E-state index contributed by atoms with van der Waals surface area (Å²) in [4.78, 5) is 0. The minimum atomic E-state index is 0.0282. The zero-order valence-corrected chi connectivity index (χ0v) is 11.7. The van der Waals surface area contributed by atoms with Crippen molar-refractivity contribution in [3.8, 4) is 5.75 Å². The molecule has 1 atom stereocenters. The quantitative estimate of drug-likeness (QED) is 0.890. The first-order valence-corrected chi connectivity index (χ1v) is 7.06. The molecule has 0 fully saturated rings. The van der Waals surface area contributed by atoms with E-state index in [0.717, 1.165) is 24.2 Å². The summed E-state index contributed by atoms with van der Waals surface area (Å²) in [6, 6.07) is 8.39. The van der Waals surface area contributed by atoms with Gasteiger partial charge in [-0.15, -0.1) is 0 Å². The normalized spacial score (nSPS) is 12.4. The van der Waals surface area contributed by atoms with E-state index in [1.165, 1.54) is 11.1 Å². The van der Waals surface area contributed by atoms with Gasteiger partial charge in [-0.2, -0.15) is 11.3 Å². The van der Waals surface area contributed by atoms with E-state index in [2.05, 4.69) is 35.9 Å². The van der Waals surface area contributed by atoms with Gasteiger partial charge in [0, 0.05) is 11.6 Å². The Morgan fingerprint density at radius 2 is 2.17 bits per heavy atom. The SMILES string of the molecule is COc1cc(C)ccc1C(N)CCc1ccsc1. The molecule has 2 N–H and O–H groups in total. The van der Waals surface area contributed by atoms with E-state index in [1.54, 1.807) is 18.4 Å². The molecule has 0 spiro atoms. The lowest BCUT2D eigenvalue weighted by Gasteiger charge is -2.16. The van der Waals surface area contributed by atoms with Gasteiger partial charge in [0.25, 0.3) is 0 Å². The second-order valence-electron chi connectivity index (χ2n) is 4.52. The van der Waals surface area contributed by atoms with Gasteiger partial charge >= 0.3 is 0 Å². The molecule has 18 heavy (non-hydrogen) atoms. The molecule has 0 aliphatic rings. The minimum Gasteiger partial charge on any atom is -0.496 e. The molecule has 2 rings (SSSR count). The highest BCUT2D eigenvalue weighted by Gasteiger charge is 2.12. The molecular weight excluding hydrogens is 242 g/mol. The third-order valence-electron chi connectivity index (χ3n) is 3.11. The second-order valence-corrected chi connectivity index (χ2v) is 5.30. The Balaban J connectivity index is 2.06. The van der Waals surface area contributed by atoms with Crippen LogP contribution >= 0.6 is 11.3 Å². The molecule has 0 saturated heterocycles. The van der Waals surface area contributed by atoms with Crippen LogP contribution in [0.15, 0.2) is 35.0 Å². The molecule has 0 amide bonds. The van der Waals surface area contributed by atoms with Crippen LogP contribution in [0.2, 0.25) is 0 Å². The highest BCUT2D eigenvalue weighted by molar-refractivity contribution is 7.07. The van der Waals surface area contributed by atoms with Crippen LogP contribution in [0.5, 0.6) is 5.75 Å². The van der Waals surface area contributed by atoms with Gasteiger partial charge in [-0.1, -0.05) is 12.1 Å². The summed E-state index contributed by atoms with van der Waals surface area (Å²) in [6.07, 6.45) is 1.96. The number of hydrogen-bond acceptors (Lipinski definition) is 3. The van der Waals surface area contributed by atoms with E-state index in [-0.39, 0.29) is 6.04 Å². The molecule has 1 unspecified atom stereocenters. The van der Waals surface area contributed by atoms with Crippen molar-refractivity contribution in [3.05, 3.63) is 51.7 Å². The van der Waals surface area contributed by atoms with E-state index in [0.29, 0.717) is 0 Å². The van der Waals surface area contributed by atoms with E-state index < -0.39 is 0 Å². The van der Waals surface area contributed by atoms with E-state index >= 15 is 0 Å². The lowest BCUT2D eigenvalue weighted by Crippen LogP contribution is -2.12. The smallest absolute Gasteiger partial charge is 0.123 e. The van der Waals surface area contributed by atoms with Gasteiger partial charge in [0.15, 0.2) is 0 Å². The predicted octanol–water partition coefficient (Wildman–Crippen LogP) is 3.70. The molecule has 2 aromatic rings. The fourth-order valence-corrected chi connectivity index (χ4v) is 2.74. The van der Waals surface area contributed by atoms with Crippen LogP contribution in [-0.4, -0.2) is 7.11 Å². The Bertz CT molecular complexity index is 493. The van der Waals surface area contributed by atoms with Crippen LogP contribution in [0.3, 0.4) is 0 Å². The summed E-state index contributed by atoms with van der Waals surface area (Å²) >= 11 is 1.73. The summed E-state index contributed by atoms with van der Waals surface area (Å²) < 4.78 is 5.41. The molecule has 2 nitrogen and oxygen atoms in total. The highest BCUT2D eigenvalue weighted by atomic mass is 32.1. The molecule has 0 bridgehead atoms. The van der Waals surface area contributed by atoms with Crippen molar-refractivity contribution in [2.75, 3.05) is 7.11 Å². The van der Waals surface area contributed by atoms with Gasteiger partial charge in [0.2, 0.25) is 0 Å². The number of aryl methyl sites for hydroxylation is 2. The molecule has 0 aliphatic heterocycles. The molecule has 0 saturated carbocycles. The Morgan fingerprint density at radius 1 is 1.33 bits per heavy atom. The van der Waals surface area contributed by atoms with E-state index in [9.17, 15) is 0 Å².